The van der Waals surface area contributed by atoms with Gasteiger partial charge < -0.3 is 29.5 Å². The normalized spacial score (nSPS) is 18.0. The number of aliphatic hydroxyl groups is 1. The van der Waals surface area contributed by atoms with Crippen LogP contribution in [0.5, 0.6) is 11.5 Å². The Bertz CT molecular complexity index is 1440. The summed E-state index contributed by atoms with van der Waals surface area (Å²) in [7, 11) is 5.42. The number of amides is 1. The molecule has 5 rings (SSSR count). The number of nitrogens with one attached hydrogen (secondary N) is 1. The van der Waals surface area contributed by atoms with Gasteiger partial charge in [0, 0.05) is 36.5 Å². The molecule has 2 heterocycles. The topological polar surface area (TPSA) is 96.4 Å². The molecule has 2 aliphatic rings. The Morgan fingerprint density at radius 3 is 2.66 bits per heavy atom. The Hall–Kier alpha value is -3.83. The lowest BCUT2D eigenvalue weighted by Crippen LogP contribution is -2.42. The van der Waals surface area contributed by atoms with Crippen LogP contribution in [0.25, 0.3) is 6.08 Å². The van der Waals surface area contributed by atoms with Crippen molar-refractivity contribution in [2.45, 2.75) is 38.0 Å². The van der Waals surface area contributed by atoms with Crippen molar-refractivity contribution in [2.24, 2.45) is 5.92 Å². The zero-order valence-corrected chi connectivity index (χ0v) is 25.5. The van der Waals surface area contributed by atoms with Gasteiger partial charge in [-0.3, -0.25) is 14.7 Å². The van der Waals surface area contributed by atoms with Crippen LogP contribution in [0.15, 0.2) is 66.6 Å². The van der Waals surface area contributed by atoms with Crippen molar-refractivity contribution in [3.63, 3.8) is 0 Å². The van der Waals surface area contributed by atoms with Gasteiger partial charge in [-0.2, -0.15) is 0 Å². The first-order valence-corrected chi connectivity index (χ1v) is 15.0. The zero-order valence-electron chi connectivity index (χ0n) is 25.5. The molecule has 2 N–H and O–H groups in total. The van der Waals surface area contributed by atoms with E-state index >= 15 is 4.39 Å². The second-order valence-electron chi connectivity index (χ2n) is 11.5. The van der Waals surface area contributed by atoms with E-state index in [0.717, 1.165) is 37.2 Å². The maximum atomic E-state index is 15.2. The summed E-state index contributed by atoms with van der Waals surface area (Å²) >= 11 is 0. The third kappa shape index (κ3) is 8.00. The maximum absolute atomic E-state index is 15.2. The molecule has 2 unspecified atom stereocenters. The second kappa shape index (κ2) is 14.8. The number of piperidine rings is 1. The molecular formula is C34H41FN4O5. The standard InChI is InChI=1S/C34H41FN4O5/c1-38-16-12-24(13-17-38)22-43-32-21-28-26(20-31(32)42-3)29(11-15-36-28)44-30-10-9-25(19-27(30)35)37-33(40)34(41)39(2)18-14-23-7-5-4-6-8-23/h4-11,15,19-20,24,32,34,41H,12-14,16-18,21-22H2,1-3H3,(H,37,40). The minimum atomic E-state index is -1.39. The van der Waals surface area contributed by atoms with Crippen molar-refractivity contribution >= 4 is 17.7 Å². The van der Waals surface area contributed by atoms with Crippen molar-refractivity contribution in [2.75, 3.05) is 52.8 Å². The van der Waals surface area contributed by atoms with E-state index in [9.17, 15) is 9.90 Å². The van der Waals surface area contributed by atoms with Gasteiger partial charge >= 0.3 is 0 Å². The zero-order chi connectivity index (χ0) is 31.1. The van der Waals surface area contributed by atoms with E-state index in [2.05, 4.69) is 22.2 Å². The number of rotatable bonds is 12. The molecule has 234 valence electrons. The third-order valence-corrected chi connectivity index (χ3v) is 8.29. The quantitative estimate of drug-likeness (QED) is 0.287. The lowest BCUT2D eigenvalue weighted by molar-refractivity contribution is -0.132. The number of methoxy groups -OCH3 is 1. The summed E-state index contributed by atoms with van der Waals surface area (Å²) in [6.45, 7) is 3.30. The van der Waals surface area contributed by atoms with Crippen molar-refractivity contribution in [1.29, 1.82) is 0 Å². The summed E-state index contributed by atoms with van der Waals surface area (Å²) in [5.74, 6) is 0.310. The van der Waals surface area contributed by atoms with Gasteiger partial charge in [0.1, 0.15) is 17.6 Å². The van der Waals surface area contributed by atoms with Crippen LogP contribution in [0.3, 0.4) is 0 Å². The number of fused-ring (bicyclic) bond motifs is 1. The minimum Gasteiger partial charge on any atom is -0.498 e. The van der Waals surface area contributed by atoms with Crippen LogP contribution in [-0.2, 0) is 27.1 Å². The number of aliphatic hydroxyl groups excluding tert-OH is 1. The molecule has 1 saturated heterocycles. The fraction of sp³-hybridized carbons (Fsp3) is 0.412. The highest BCUT2D eigenvalue weighted by atomic mass is 19.1. The number of ether oxygens (including phenoxy) is 3. The summed E-state index contributed by atoms with van der Waals surface area (Å²) < 4.78 is 33.1. The number of carbonyl (C=O) groups is 1. The Morgan fingerprint density at radius 2 is 1.93 bits per heavy atom. The first-order chi connectivity index (χ1) is 21.3. The van der Waals surface area contributed by atoms with E-state index in [0.29, 0.717) is 49.0 Å². The van der Waals surface area contributed by atoms with Crippen LogP contribution in [0.1, 0.15) is 29.7 Å². The number of pyridine rings is 1. The van der Waals surface area contributed by atoms with E-state index in [1.807, 2.05) is 36.4 Å². The number of hydrogen-bond donors (Lipinski definition) is 2. The molecular weight excluding hydrogens is 563 g/mol. The minimum absolute atomic E-state index is 0.00932. The summed E-state index contributed by atoms with van der Waals surface area (Å²) in [6.07, 6.45) is 5.27. The molecule has 3 aromatic rings. The van der Waals surface area contributed by atoms with E-state index < -0.39 is 18.0 Å². The van der Waals surface area contributed by atoms with Gasteiger partial charge in [0.15, 0.2) is 17.8 Å². The largest absolute Gasteiger partial charge is 0.498 e. The van der Waals surface area contributed by atoms with Gasteiger partial charge in [-0.25, -0.2) is 4.39 Å². The van der Waals surface area contributed by atoms with Crippen LogP contribution in [-0.4, -0.2) is 85.6 Å². The predicted octanol–water partition coefficient (Wildman–Crippen LogP) is 4.71. The van der Waals surface area contributed by atoms with Crippen molar-refractivity contribution in [1.82, 2.24) is 14.8 Å². The molecule has 2 atom stereocenters. The molecule has 1 fully saturated rings. The number of aromatic nitrogens is 1. The predicted molar refractivity (Wildman–Crippen MR) is 167 cm³/mol. The van der Waals surface area contributed by atoms with Crippen LogP contribution >= 0.6 is 0 Å². The van der Waals surface area contributed by atoms with Crippen molar-refractivity contribution in [3.8, 4) is 11.5 Å². The molecule has 1 aromatic heterocycles. The van der Waals surface area contributed by atoms with Crippen LogP contribution in [0.4, 0.5) is 10.1 Å². The maximum Gasteiger partial charge on any atom is 0.268 e. The average molecular weight is 605 g/mol. The molecule has 2 aromatic carbocycles. The Labute approximate surface area is 258 Å². The number of nitrogens with zero attached hydrogens (tertiary/aromatic N) is 3. The molecule has 0 spiro atoms. The van der Waals surface area contributed by atoms with Gasteiger partial charge in [-0.1, -0.05) is 30.3 Å². The lowest BCUT2D eigenvalue weighted by atomic mass is 9.96. The Morgan fingerprint density at radius 1 is 1.16 bits per heavy atom. The molecule has 0 saturated carbocycles. The Kier molecular flexibility index (Phi) is 10.6. The number of hydrogen-bond acceptors (Lipinski definition) is 8. The summed E-state index contributed by atoms with van der Waals surface area (Å²) in [5, 5.41) is 13.1. The van der Waals surface area contributed by atoms with Gasteiger partial charge in [0.2, 0.25) is 0 Å². The number of anilines is 1. The van der Waals surface area contributed by atoms with Crippen molar-refractivity contribution in [3.05, 3.63) is 89.2 Å². The smallest absolute Gasteiger partial charge is 0.268 e. The number of carbonyl (C=O) groups excluding carboxylic acids is 1. The second-order valence-corrected chi connectivity index (χ2v) is 11.5. The SMILES string of the molecule is COC1=Cc2c(Oc3ccc(NC(=O)C(O)N(C)CCc4ccccc4)cc3F)ccnc2CC1OCC1CCN(C)CC1. The van der Waals surface area contributed by atoms with E-state index in [4.69, 9.17) is 14.2 Å². The molecule has 1 amide bonds. The number of halogens is 1. The van der Waals surface area contributed by atoms with E-state index in [1.54, 1.807) is 26.4 Å². The molecule has 44 heavy (non-hydrogen) atoms. The average Bonchev–Trinajstić information content (AvgIpc) is 3.04. The molecule has 10 heteroatoms. The van der Waals surface area contributed by atoms with Gasteiger partial charge in [-0.15, -0.1) is 0 Å². The van der Waals surface area contributed by atoms with E-state index in [1.165, 1.54) is 23.1 Å². The highest BCUT2D eigenvalue weighted by Crippen LogP contribution is 2.36. The molecule has 9 nitrogen and oxygen atoms in total. The summed E-state index contributed by atoms with van der Waals surface area (Å²) in [6, 6.07) is 15.6. The highest BCUT2D eigenvalue weighted by Gasteiger charge is 2.28. The molecule has 0 radical (unpaired) electrons. The lowest BCUT2D eigenvalue weighted by Gasteiger charge is -2.31. The summed E-state index contributed by atoms with van der Waals surface area (Å²) in [4.78, 5) is 21.1. The first kappa shape index (κ1) is 31.6. The van der Waals surface area contributed by atoms with E-state index in [-0.39, 0.29) is 17.5 Å². The fourth-order valence-electron chi connectivity index (χ4n) is 5.49. The van der Waals surface area contributed by atoms with Crippen LogP contribution in [0, 0.1) is 11.7 Å². The van der Waals surface area contributed by atoms with Gasteiger partial charge in [0.25, 0.3) is 5.91 Å². The van der Waals surface area contributed by atoms with Gasteiger partial charge in [0.05, 0.1) is 19.4 Å². The number of likely N-dealkylation sites (N-methyl/N-ethyl adjacent to an activating group) is 1. The molecule has 0 bridgehead atoms. The van der Waals surface area contributed by atoms with Crippen LogP contribution < -0.4 is 10.1 Å². The summed E-state index contributed by atoms with van der Waals surface area (Å²) in [5.41, 5.74) is 2.80. The van der Waals surface area contributed by atoms with Crippen LogP contribution in [0.2, 0.25) is 0 Å². The molecule has 1 aliphatic carbocycles. The monoisotopic (exact) mass is 604 g/mol. The highest BCUT2D eigenvalue weighted by molar-refractivity contribution is 5.93. The van der Waals surface area contributed by atoms with Crippen molar-refractivity contribution < 1.29 is 28.5 Å². The third-order valence-electron chi connectivity index (χ3n) is 8.29. The number of benzene rings is 2. The Balaban J connectivity index is 1.19. The molecule has 1 aliphatic heterocycles. The fourth-order valence-corrected chi connectivity index (χ4v) is 5.49. The first-order valence-electron chi connectivity index (χ1n) is 15.0. The number of likely N-dealkylation sites (tertiary alicyclic amines) is 1. The van der Waals surface area contributed by atoms with Gasteiger partial charge in [-0.05, 0) is 82.2 Å².